The van der Waals surface area contributed by atoms with Crippen LogP contribution in [0.3, 0.4) is 0 Å². The molecule has 1 fully saturated rings. The number of rotatable bonds is 11. The standard InChI is InChI=1S/C18H36O2/c1-4-5-6-10-13-18(20-3)17(15-19-2)14-16-11-8-7-9-12-16/h16-18H,4-15H2,1-3H3. The minimum atomic E-state index is 0.397. The van der Waals surface area contributed by atoms with Crippen LogP contribution in [-0.2, 0) is 9.47 Å². The van der Waals surface area contributed by atoms with Crippen molar-refractivity contribution in [3.8, 4) is 0 Å². The van der Waals surface area contributed by atoms with Gasteiger partial charge in [0.05, 0.1) is 12.7 Å². The maximum Gasteiger partial charge on any atom is 0.0621 e. The quantitative estimate of drug-likeness (QED) is 0.485. The maximum absolute atomic E-state index is 5.81. The fourth-order valence-corrected chi connectivity index (χ4v) is 3.71. The Morgan fingerprint density at radius 3 is 2.35 bits per heavy atom. The molecule has 0 N–H and O–H groups in total. The van der Waals surface area contributed by atoms with Crippen molar-refractivity contribution in [1.29, 1.82) is 0 Å². The molecule has 1 rings (SSSR count). The molecule has 0 bridgehead atoms. The van der Waals surface area contributed by atoms with Gasteiger partial charge in [-0.2, -0.15) is 0 Å². The van der Waals surface area contributed by atoms with Gasteiger partial charge >= 0.3 is 0 Å². The average Bonchev–Trinajstić information content (AvgIpc) is 2.48. The van der Waals surface area contributed by atoms with E-state index in [1.54, 1.807) is 0 Å². The molecule has 2 atom stereocenters. The Bertz CT molecular complexity index is 211. The van der Waals surface area contributed by atoms with Crippen molar-refractivity contribution in [1.82, 2.24) is 0 Å². The third-order valence-electron chi connectivity index (χ3n) is 4.91. The number of hydrogen-bond acceptors (Lipinski definition) is 2. The highest BCUT2D eigenvalue weighted by Crippen LogP contribution is 2.32. The van der Waals surface area contributed by atoms with E-state index < -0.39 is 0 Å². The van der Waals surface area contributed by atoms with Crippen molar-refractivity contribution in [3.63, 3.8) is 0 Å². The molecule has 0 aliphatic heterocycles. The molecule has 0 amide bonds. The lowest BCUT2D eigenvalue weighted by atomic mass is 9.80. The smallest absolute Gasteiger partial charge is 0.0621 e. The van der Waals surface area contributed by atoms with E-state index in [0.29, 0.717) is 12.0 Å². The Hall–Kier alpha value is -0.0800. The molecule has 1 aliphatic rings. The fourth-order valence-electron chi connectivity index (χ4n) is 3.71. The van der Waals surface area contributed by atoms with Gasteiger partial charge in [-0.1, -0.05) is 64.7 Å². The molecule has 0 aromatic rings. The number of unbranched alkanes of at least 4 members (excludes halogenated alkanes) is 3. The number of hydrogen-bond donors (Lipinski definition) is 0. The highest BCUT2D eigenvalue weighted by molar-refractivity contribution is 4.76. The zero-order valence-corrected chi connectivity index (χ0v) is 14.0. The summed E-state index contributed by atoms with van der Waals surface area (Å²) in [4.78, 5) is 0. The molecule has 120 valence electrons. The first kappa shape index (κ1) is 18.0. The third kappa shape index (κ3) is 7.08. The van der Waals surface area contributed by atoms with E-state index in [1.165, 1.54) is 70.6 Å². The second-order valence-corrected chi connectivity index (χ2v) is 6.58. The fraction of sp³-hybridized carbons (Fsp3) is 1.00. The number of methoxy groups -OCH3 is 2. The summed E-state index contributed by atoms with van der Waals surface area (Å²) < 4.78 is 11.3. The zero-order chi connectivity index (χ0) is 14.6. The van der Waals surface area contributed by atoms with Crippen molar-refractivity contribution in [2.45, 2.75) is 83.7 Å². The summed E-state index contributed by atoms with van der Waals surface area (Å²) in [5.74, 6) is 1.51. The Morgan fingerprint density at radius 2 is 1.75 bits per heavy atom. The SMILES string of the molecule is CCCCCCC(OC)C(COC)CC1CCCCC1. The van der Waals surface area contributed by atoms with Crippen LogP contribution in [0.1, 0.15) is 77.6 Å². The van der Waals surface area contributed by atoms with Gasteiger partial charge in [0.25, 0.3) is 0 Å². The van der Waals surface area contributed by atoms with Crippen LogP contribution in [0.5, 0.6) is 0 Å². The summed E-state index contributed by atoms with van der Waals surface area (Å²) in [6, 6.07) is 0. The van der Waals surface area contributed by atoms with E-state index in [9.17, 15) is 0 Å². The summed E-state index contributed by atoms with van der Waals surface area (Å²) >= 11 is 0. The van der Waals surface area contributed by atoms with Gasteiger partial charge in [0, 0.05) is 20.1 Å². The predicted molar refractivity (Wildman–Crippen MR) is 86.1 cm³/mol. The van der Waals surface area contributed by atoms with Gasteiger partial charge in [-0.25, -0.2) is 0 Å². The first-order valence-corrected chi connectivity index (χ1v) is 8.83. The van der Waals surface area contributed by atoms with Crippen LogP contribution in [0.15, 0.2) is 0 Å². The molecule has 20 heavy (non-hydrogen) atoms. The molecule has 2 nitrogen and oxygen atoms in total. The molecular formula is C18H36O2. The number of ether oxygens (including phenoxy) is 2. The lowest BCUT2D eigenvalue weighted by molar-refractivity contribution is -0.00401. The Morgan fingerprint density at radius 1 is 1.00 bits per heavy atom. The Kier molecular flexibility index (Phi) is 10.4. The molecule has 0 heterocycles. The summed E-state index contributed by atoms with van der Waals surface area (Å²) in [6.45, 7) is 3.13. The van der Waals surface area contributed by atoms with Crippen LogP contribution < -0.4 is 0 Å². The average molecular weight is 284 g/mol. The molecule has 0 saturated heterocycles. The molecular weight excluding hydrogens is 248 g/mol. The van der Waals surface area contributed by atoms with Crippen LogP contribution in [0.25, 0.3) is 0 Å². The molecule has 2 heteroatoms. The minimum Gasteiger partial charge on any atom is -0.384 e. The van der Waals surface area contributed by atoms with Gasteiger partial charge in [-0.3, -0.25) is 0 Å². The van der Waals surface area contributed by atoms with Crippen molar-refractivity contribution in [3.05, 3.63) is 0 Å². The molecule has 0 radical (unpaired) electrons. The van der Waals surface area contributed by atoms with Crippen LogP contribution in [0.2, 0.25) is 0 Å². The van der Waals surface area contributed by atoms with E-state index in [2.05, 4.69) is 6.92 Å². The van der Waals surface area contributed by atoms with Crippen LogP contribution in [-0.4, -0.2) is 26.9 Å². The van der Waals surface area contributed by atoms with Gasteiger partial charge in [0.15, 0.2) is 0 Å². The van der Waals surface area contributed by atoms with Gasteiger partial charge in [-0.15, -0.1) is 0 Å². The van der Waals surface area contributed by atoms with E-state index in [4.69, 9.17) is 9.47 Å². The minimum absolute atomic E-state index is 0.397. The Balaban J connectivity index is 2.38. The second kappa shape index (κ2) is 11.6. The summed E-state index contributed by atoms with van der Waals surface area (Å²) in [7, 11) is 3.71. The molecule has 2 unspecified atom stereocenters. The van der Waals surface area contributed by atoms with E-state index in [1.807, 2.05) is 14.2 Å². The topological polar surface area (TPSA) is 18.5 Å². The molecule has 0 spiro atoms. The highest BCUT2D eigenvalue weighted by atomic mass is 16.5. The van der Waals surface area contributed by atoms with Crippen LogP contribution in [0.4, 0.5) is 0 Å². The van der Waals surface area contributed by atoms with Gasteiger partial charge in [0.1, 0.15) is 0 Å². The molecule has 0 aromatic carbocycles. The monoisotopic (exact) mass is 284 g/mol. The Labute approximate surface area is 126 Å². The van der Waals surface area contributed by atoms with Crippen molar-refractivity contribution < 1.29 is 9.47 Å². The summed E-state index contributed by atoms with van der Waals surface area (Å²) in [5.41, 5.74) is 0. The third-order valence-corrected chi connectivity index (χ3v) is 4.91. The van der Waals surface area contributed by atoms with Crippen molar-refractivity contribution >= 4 is 0 Å². The zero-order valence-electron chi connectivity index (χ0n) is 14.0. The normalized spacial score (nSPS) is 19.9. The van der Waals surface area contributed by atoms with E-state index in [0.717, 1.165) is 12.5 Å². The predicted octanol–water partition coefficient (Wildman–Crippen LogP) is 5.20. The maximum atomic E-state index is 5.81. The van der Waals surface area contributed by atoms with Gasteiger partial charge < -0.3 is 9.47 Å². The largest absolute Gasteiger partial charge is 0.384 e. The van der Waals surface area contributed by atoms with E-state index in [-0.39, 0.29) is 0 Å². The first-order valence-electron chi connectivity index (χ1n) is 8.83. The lowest BCUT2D eigenvalue weighted by Gasteiger charge is -2.31. The van der Waals surface area contributed by atoms with Gasteiger partial charge in [-0.05, 0) is 18.8 Å². The van der Waals surface area contributed by atoms with Crippen molar-refractivity contribution in [2.24, 2.45) is 11.8 Å². The van der Waals surface area contributed by atoms with Gasteiger partial charge in [0.2, 0.25) is 0 Å². The van der Waals surface area contributed by atoms with Crippen molar-refractivity contribution in [2.75, 3.05) is 20.8 Å². The van der Waals surface area contributed by atoms with E-state index >= 15 is 0 Å². The van der Waals surface area contributed by atoms with Crippen LogP contribution >= 0.6 is 0 Å². The lowest BCUT2D eigenvalue weighted by Crippen LogP contribution is -2.29. The molecule has 0 aromatic heterocycles. The second-order valence-electron chi connectivity index (χ2n) is 6.58. The summed E-state index contributed by atoms with van der Waals surface area (Å²) in [5, 5.41) is 0. The molecule has 1 saturated carbocycles. The first-order chi connectivity index (χ1) is 9.81. The highest BCUT2D eigenvalue weighted by Gasteiger charge is 2.25. The summed E-state index contributed by atoms with van der Waals surface area (Å²) in [6.07, 6.45) is 15.4. The van der Waals surface area contributed by atoms with Crippen LogP contribution in [0, 0.1) is 11.8 Å². The molecule has 1 aliphatic carbocycles.